The van der Waals surface area contributed by atoms with Crippen molar-refractivity contribution in [1.82, 2.24) is 10.3 Å². The molecule has 1 aromatic carbocycles. The first-order valence-corrected chi connectivity index (χ1v) is 6.29. The molecule has 0 aliphatic rings. The van der Waals surface area contributed by atoms with Gasteiger partial charge in [0, 0.05) is 16.8 Å². The van der Waals surface area contributed by atoms with Crippen LogP contribution in [0.4, 0.5) is 8.78 Å². The number of aromatic nitrogens is 1. The van der Waals surface area contributed by atoms with Crippen LogP contribution in [0, 0.1) is 11.6 Å². The smallest absolute Gasteiger partial charge is 0.146 e. The standard InChI is InChI=1S/C14H13ClF2N2/c1-2-19-14(11-5-6-18-8-13(11)17)10-4-3-9(16)7-12(10)15/h3-8,14,19H,2H2,1H3. The Morgan fingerprint density at radius 3 is 2.68 bits per heavy atom. The fourth-order valence-electron chi connectivity index (χ4n) is 1.95. The van der Waals surface area contributed by atoms with E-state index in [1.54, 1.807) is 12.1 Å². The molecule has 0 saturated carbocycles. The first-order chi connectivity index (χ1) is 9.13. The topological polar surface area (TPSA) is 24.9 Å². The van der Waals surface area contributed by atoms with Crippen LogP contribution < -0.4 is 5.32 Å². The Bertz CT molecular complexity index is 575. The maximum atomic E-state index is 13.8. The van der Waals surface area contributed by atoms with Crippen molar-refractivity contribution >= 4 is 11.6 Å². The molecule has 19 heavy (non-hydrogen) atoms. The van der Waals surface area contributed by atoms with Crippen LogP contribution in [0.15, 0.2) is 36.7 Å². The number of rotatable bonds is 4. The zero-order chi connectivity index (χ0) is 13.8. The molecule has 1 aromatic heterocycles. The normalized spacial score (nSPS) is 12.4. The van der Waals surface area contributed by atoms with Gasteiger partial charge in [0.05, 0.1) is 12.2 Å². The highest BCUT2D eigenvalue weighted by Crippen LogP contribution is 2.29. The fraction of sp³-hybridized carbons (Fsp3) is 0.214. The number of pyridine rings is 1. The third-order valence-electron chi connectivity index (χ3n) is 2.80. The van der Waals surface area contributed by atoms with E-state index in [9.17, 15) is 8.78 Å². The lowest BCUT2D eigenvalue weighted by atomic mass is 9.99. The second-order valence-corrected chi connectivity index (χ2v) is 4.46. The number of halogens is 3. The molecule has 5 heteroatoms. The van der Waals surface area contributed by atoms with Crippen molar-refractivity contribution in [2.45, 2.75) is 13.0 Å². The van der Waals surface area contributed by atoms with Crippen LogP contribution in [-0.2, 0) is 0 Å². The largest absolute Gasteiger partial charge is 0.306 e. The predicted molar refractivity (Wildman–Crippen MR) is 71.1 cm³/mol. The van der Waals surface area contributed by atoms with E-state index in [0.29, 0.717) is 17.7 Å². The highest BCUT2D eigenvalue weighted by molar-refractivity contribution is 6.31. The summed E-state index contributed by atoms with van der Waals surface area (Å²) in [7, 11) is 0. The number of hydrogen-bond donors (Lipinski definition) is 1. The fourth-order valence-corrected chi connectivity index (χ4v) is 2.22. The molecule has 0 radical (unpaired) electrons. The van der Waals surface area contributed by atoms with Gasteiger partial charge < -0.3 is 5.32 Å². The van der Waals surface area contributed by atoms with Crippen LogP contribution in [0.2, 0.25) is 5.02 Å². The van der Waals surface area contributed by atoms with Crippen LogP contribution in [0.25, 0.3) is 0 Å². The quantitative estimate of drug-likeness (QED) is 0.925. The van der Waals surface area contributed by atoms with E-state index in [4.69, 9.17) is 11.6 Å². The Balaban J connectivity index is 2.48. The summed E-state index contributed by atoms with van der Waals surface area (Å²) in [6.45, 7) is 2.53. The molecular weight excluding hydrogens is 270 g/mol. The summed E-state index contributed by atoms with van der Waals surface area (Å²) in [5, 5.41) is 3.41. The number of hydrogen-bond acceptors (Lipinski definition) is 2. The van der Waals surface area contributed by atoms with Crippen molar-refractivity contribution in [1.29, 1.82) is 0 Å². The molecule has 0 aliphatic carbocycles. The molecule has 0 bridgehead atoms. The van der Waals surface area contributed by atoms with Gasteiger partial charge >= 0.3 is 0 Å². The molecule has 2 nitrogen and oxygen atoms in total. The summed E-state index contributed by atoms with van der Waals surface area (Å²) in [4.78, 5) is 3.72. The maximum absolute atomic E-state index is 13.8. The number of nitrogens with one attached hydrogen (secondary N) is 1. The molecule has 1 unspecified atom stereocenters. The first kappa shape index (κ1) is 13.9. The molecule has 0 aliphatic heterocycles. The molecule has 0 amide bonds. The van der Waals surface area contributed by atoms with E-state index in [1.807, 2.05) is 6.92 Å². The lowest BCUT2D eigenvalue weighted by molar-refractivity contribution is 0.553. The van der Waals surface area contributed by atoms with Crippen LogP contribution in [-0.4, -0.2) is 11.5 Å². The van der Waals surface area contributed by atoms with Crippen molar-refractivity contribution < 1.29 is 8.78 Å². The average molecular weight is 283 g/mol. The van der Waals surface area contributed by atoms with Crippen LogP contribution in [0.5, 0.6) is 0 Å². The molecule has 1 heterocycles. The molecule has 1 atom stereocenters. The van der Waals surface area contributed by atoms with E-state index >= 15 is 0 Å². The van der Waals surface area contributed by atoms with Gasteiger partial charge in [-0.25, -0.2) is 8.78 Å². The summed E-state index contributed by atoms with van der Waals surface area (Å²) < 4.78 is 26.9. The Hall–Kier alpha value is -1.52. The third-order valence-corrected chi connectivity index (χ3v) is 3.12. The van der Waals surface area contributed by atoms with E-state index in [-0.39, 0.29) is 5.02 Å². The Kier molecular flexibility index (Phi) is 4.45. The minimum atomic E-state index is -0.430. The van der Waals surface area contributed by atoms with E-state index in [2.05, 4.69) is 10.3 Å². The minimum Gasteiger partial charge on any atom is -0.306 e. The van der Waals surface area contributed by atoms with Crippen molar-refractivity contribution in [2.75, 3.05) is 6.54 Å². The Labute approximate surface area is 115 Å². The molecule has 0 saturated heterocycles. The first-order valence-electron chi connectivity index (χ1n) is 5.91. The summed E-state index contributed by atoms with van der Waals surface area (Å²) in [5.74, 6) is -0.840. The zero-order valence-corrected chi connectivity index (χ0v) is 11.1. The van der Waals surface area contributed by atoms with E-state index in [1.165, 1.54) is 18.3 Å². The van der Waals surface area contributed by atoms with Gasteiger partial charge in [0.2, 0.25) is 0 Å². The van der Waals surface area contributed by atoms with Crippen molar-refractivity contribution in [3.05, 3.63) is 64.4 Å². The van der Waals surface area contributed by atoms with Crippen LogP contribution in [0.1, 0.15) is 24.1 Å². The van der Waals surface area contributed by atoms with Gasteiger partial charge in [0.25, 0.3) is 0 Å². The van der Waals surface area contributed by atoms with Gasteiger partial charge in [-0.15, -0.1) is 0 Å². The van der Waals surface area contributed by atoms with Crippen molar-refractivity contribution in [3.63, 3.8) is 0 Å². The van der Waals surface area contributed by atoms with Gasteiger partial charge in [-0.1, -0.05) is 24.6 Å². The average Bonchev–Trinajstić information content (AvgIpc) is 2.38. The monoisotopic (exact) mass is 282 g/mol. The molecule has 100 valence electrons. The lowest BCUT2D eigenvalue weighted by Gasteiger charge is -2.20. The highest BCUT2D eigenvalue weighted by Gasteiger charge is 2.19. The summed E-state index contributed by atoms with van der Waals surface area (Å²) in [5.41, 5.74) is 1.07. The zero-order valence-electron chi connectivity index (χ0n) is 10.3. The SMILES string of the molecule is CCNC(c1ccncc1F)c1ccc(F)cc1Cl. The minimum absolute atomic E-state index is 0.266. The number of benzene rings is 1. The van der Waals surface area contributed by atoms with Crippen molar-refractivity contribution in [3.8, 4) is 0 Å². The van der Waals surface area contributed by atoms with Crippen molar-refractivity contribution in [2.24, 2.45) is 0 Å². The molecular formula is C14H13ClF2N2. The van der Waals surface area contributed by atoms with Crippen LogP contribution in [0.3, 0.4) is 0 Å². The summed E-state index contributed by atoms with van der Waals surface area (Å²) in [6, 6.07) is 5.25. The highest BCUT2D eigenvalue weighted by atomic mass is 35.5. The van der Waals surface area contributed by atoms with Gasteiger partial charge in [-0.3, -0.25) is 4.98 Å². The van der Waals surface area contributed by atoms with Gasteiger partial charge in [-0.05, 0) is 30.3 Å². The van der Waals surface area contributed by atoms with E-state index in [0.717, 1.165) is 6.20 Å². The van der Waals surface area contributed by atoms with Crippen LogP contribution >= 0.6 is 11.6 Å². The molecule has 0 spiro atoms. The third kappa shape index (κ3) is 3.08. The lowest BCUT2D eigenvalue weighted by Crippen LogP contribution is -2.23. The Morgan fingerprint density at radius 1 is 1.26 bits per heavy atom. The summed E-state index contributed by atoms with van der Waals surface area (Å²) >= 11 is 6.04. The molecule has 0 fully saturated rings. The van der Waals surface area contributed by atoms with Gasteiger partial charge in [0.1, 0.15) is 11.6 Å². The second kappa shape index (κ2) is 6.08. The van der Waals surface area contributed by atoms with Gasteiger partial charge in [-0.2, -0.15) is 0 Å². The van der Waals surface area contributed by atoms with Gasteiger partial charge in [0.15, 0.2) is 0 Å². The molecule has 2 rings (SSSR count). The molecule has 1 N–H and O–H groups in total. The predicted octanol–water partition coefficient (Wildman–Crippen LogP) is 3.71. The van der Waals surface area contributed by atoms with E-state index < -0.39 is 17.7 Å². The second-order valence-electron chi connectivity index (χ2n) is 4.05. The number of nitrogens with zero attached hydrogens (tertiary/aromatic N) is 1. The summed E-state index contributed by atoms with van der Waals surface area (Å²) in [6.07, 6.45) is 2.66. The Morgan fingerprint density at radius 2 is 2.05 bits per heavy atom. The molecule has 2 aromatic rings. The maximum Gasteiger partial charge on any atom is 0.146 e.